The number of hydrazone groups is 1. The highest BCUT2D eigenvalue weighted by Crippen LogP contribution is 2.32. The van der Waals surface area contributed by atoms with Gasteiger partial charge in [0.15, 0.2) is 48.2 Å². The molecule has 5 saturated heterocycles. The van der Waals surface area contributed by atoms with E-state index >= 15 is 0 Å². The first-order valence-electron chi connectivity index (χ1n) is 38.1. The molecule has 6 aliphatic heterocycles. The predicted molar refractivity (Wildman–Crippen MR) is 454 cm³/mol. The molecule has 2 radical (unpaired) electrons. The minimum Gasteiger partial charge on any atom is -0.493 e. The molecule has 12 unspecified atom stereocenters. The SMILES string of the molecule is C=C1C=CC(=O)N1N[C@H](C=O)CCCCN.CO.COC[C@@]1(O)OC(O)C[C@H]1OC.COPOC[C@H]1OC(O)C[C@H]1OC.CO[C@@H]1CC(O)OC1O.CO[C@@H]1CC(O)O[C@@H]1COP.CO[C@@H]1CC(O)O[C@]1(O)COP.CO[C@H](CC=NN[C@H](C=O)CCCCN)[C@H](O)COP.NCCCC[C@@H](C=O)Nn1cccc1O.O=C/C=C/C(O)COP.[2H]O[B]. The number of unbranched alkanes of at least 4 members (excludes halogenated alkanes) is 3. The maximum atomic E-state index is 11.3. The van der Waals surface area contributed by atoms with Crippen molar-refractivity contribution in [1.82, 2.24) is 20.5 Å². The summed E-state index contributed by atoms with van der Waals surface area (Å²) in [5.74, 6) is -3.14. The third-order valence-corrected chi connectivity index (χ3v) is 17.9. The van der Waals surface area contributed by atoms with E-state index in [1.165, 1.54) is 63.5 Å². The van der Waals surface area contributed by atoms with E-state index < -0.39 is 79.8 Å². The summed E-state index contributed by atoms with van der Waals surface area (Å²) in [6.07, 6.45) is 12.7. The topological polar surface area (TPSA) is 649 Å². The van der Waals surface area contributed by atoms with Gasteiger partial charge in [0.25, 0.3) is 14.0 Å². The molecule has 5 fully saturated rings. The quantitative estimate of drug-likeness (QED) is 0.00573. The Kier molecular flexibility index (Phi) is 80.4. The number of nitrogens with zero attached hydrogens (tertiary/aromatic N) is 3. The smallest absolute Gasteiger partial charge is 0.277 e. The van der Waals surface area contributed by atoms with Crippen LogP contribution in [-0.4, -0.2) is 374 Å². The Labute approximate surface area is 722 Å². The van der Waals surface area contributed by atoms with Gasteiger partial charge in [0.2, 0.25) is 17.5 Å². The van der Waals surface area contributed by atoms with Gasteiger partial charge in [-0.15, -0.1) is 0 Å². The zero-order valence-electron chi connectivity index (χ0n) is 71.2. The number of aromatic nitrogens is 1. The molecule has 1 aromatic heterocycles. The number of nitrogens with two attached hydrogens (primary N) is 3. The van der Waals surface area contributed by atoms with E-state index in [-0.39, 0.29) is 109 Å². The molecule has 0 saturated carbocycles. The molecule has 0 spiro atoms. The number of ether oxygens (including phenoxy) is 12. The van der Waals surface area contributed by atoms with Gasteiger partial charge >= 0.3 is 0 Å². The Morgan fingerprint density at radius 2 is 1.14 bits per heavy atom. The highest BCUT2D eigenvalue weighted by atomic mass is 31.1. The van der Waals surface area contributed by atoms with Gasteiger partial charge < -0.3 is 193 Å². The normalized spacial score (nSPS) is 26.4. The highest BCUT2D eigenvalue weighted by molar-refractivity contribution is 7.26. The summed E-state index contributed by atoms with van der Waals surface area (Å²) < 4.78 is 94.7. The third-order valence-electron chi connectivity index (χ3n) is 16.7. The summed E-state index contributed by atoms with van der Waals surface area (Å²) in [7, 11) is 25.3. The van der Waals surface area contributed by atoms with Gasteiger partial charge in [0.1, 0.15) is 75.0 Å². The number of hydrazine groups is 1. The molecule has 708 valence electrons. The predicted octanol–water partition coefficient (Wildman–Crippen LogP) is -3.49. The van der Waals surface area contributed by atoms with Gasteiger partial charge in [-0.3, -0.25) is 9.59 Å². The van der Waals surface area contributed by atoms with Gasteiger partial charge in [-0.05, 0) is 89.2 Å². The number of aliphatic hydroxyl groups excluding tert-OH is 9. The van der Waals surface area contributed by atoms with Crippen molar-refractivity contribution in [1.29, 1.82) is 1.43 Å². The second kappa shape index (κ2) is 79.9. The number of hydrogen-bond acceptors (Lipinski definition) is 43. The first kappa shape index (κ1) is 122. The molecule has 0 aromatic carbocycles. The van der Waals surface area contributed by atoms with Gasteiger partial charge in [0, 0.05) is 165 Å². The van der Waals surface area contributed by atoms with Crippen molar-refractivity contribution in [3.8, 4) is 5.88 Å². The number of methoxy groups -OCH3 is 7. The number of allylic oxidation sites excluding steroid dienone is 2. The number of hydrogen-bond donors (Lipinski definition) is 19. The number of aliphatic hydroxyl groups is 11. The molecule has 22 N–H and O–H groups in total. The second-order valence-electron chi connectivity index (χ2n) is 25.5. The maximum Gasteiger partial charge on any atom is 0.277 e. The van der Waals surface area contributed by atoms with Crippen LogP contribution in [0.2, 0.25) is 0 Å². The average Bonchev–Trinajstić information content (AvgIpc) is 1.68. The van der Waals surface area contributed by atoms with Gasteiger partial charge in [-0.25, -0.2) is 15.1 Å². The molecule has 121 heavy (non-hydrogen) atoms. The van der Waals surface area contributed by atoms with Crippen molar-refractivity contribution in [3.05, 3.63) is 54.9 Å². The molecular formula is C70H139BN9O36P5. The van der Waals surface area contributed by atoms with E-state index in [9.17, 15) is 49.5 Å². The minimum atomic E-state index is -1.53. The Bertz CT molecular complexity index is 2740. The van der Waals surface area contributed by atoms with Crippen LogP contribution in [0.15, 0.2) is 60.0 Å². The fraction of sp³-hybridized carbons (Fsp3) is 0.771. The molecule has 51 heteroatoms. The number of aldehydes is 4. The van der Waals surface area contributed by atoms with Crippen LogP contribution >= 0.6 is 46.9 Å². The highest BCUT2D eigenvalue weighted by Gasteiger charge is 2.49. The molecule has 7 heterocycles. The molecule has 0 aliphatic carbocycles. The summed E-state index contributed by atoms with van der Waals surface area (Å²) in [4.78, 5) is 53.4. The lowest BCUT2D eigenvalue weighted by Gasteiger charge is -2.26. The summed E-state index contributed by atoms with van der Waals surface area (Å²) in [5, 5.41) is 116. The van der Waals surface area contributed by atoms with Crippen LogP contribution in [0.1, 0.15) is 96.3 Å². The van der Waals surface area contributed by atoms with Crippen LogP contribution in [0.5, 0.6) is 5.88 Å². The third kappa shape index (κ3) is 57.2. The summed E-state index contributed by atoms with van der Waals surface area (Å²) >= 11 is 0. The van der Waals surface area contributed by atoms with Crippen LogP contribution < -0.4 is 33.5 Å². The van der Waals surface area contributed by atoms with Crippen LogP contribution in [0.3, 0.4) is 0 Å². The zero-order valence-corrected chi connectivity index (χ0v) is 75.8. The fourth-order valence-corrected chi connectivity index (χ4v) is 11.7. The number of nitrogens with one attached hydrogen (secondary N) is 3. The van der Waals surface area contributed by atoms with Gasteiger partial charge in [-0.1, -0.05) is 19.1 Å². The van der Waals surface area contributed by atoms with E-state index in [0.29, 0.717) is 83.4 Å². The van der Waals surface area contributed by atoms with Gasteiger partial charge in [0.05, 0.1) is 74.7 Å². The molecule has 1 amide bonds. The Hall–Kier alpha value is -3.43. The zero-order chi connectivity index (χ0) is 93.3. The molecular weight excluding hydrogens is 1710 g/mol. The summed E-state index contributed by atoms with van der Waals surface area (Å²) in [6, 6.07) is 2.29. The van der Waals surface area contributed by atoms with Crippen molar-refractivity contribution in [2.24, 2.45) is 22.3 Å². The lowest BCUT2D eigenvalue weighted by molar-refractivity contribution is -0.277. The Morgan fingerprint density at radius 1 is 0.661 bits per heavy atom. The van der Waals surface area contributed by atoms with Crippen molar-refractivity contribution < 1.29 is 174 Å². The van der Waals surface area contributed by atoms with E-state index in [4.69, 9.17) is 125 Å². The van der Waals surface area contributed by atoms with Crippen molar-refractivity contribution in [3.63, 3.8) is 0 Å². The van der Waals surface area contributed by atoms with E-state index in [1.807, 2.05) is 18.9 Å². The van der Waals surface area contributed by atoms with Crippen LogP contribution in [0.4, 0.5) is 0 Å². The van der Waals surface area contributed by atoms with Crippen LogP contribution in [-0.2, 0) is 108 Å². The fourth-order valence-electron chi connectivity index (χ4n) is 10.6. The molecule has 7 rings (SSSR count). The van der Waals surface area contributed by atoms with E-state index in [2.05, 4.69) is 73.8 Å². The summed E-state index contributed by atoms with van der Waals surface area (Å²) in [6.45, 7) is 6.69. The van der Waals surface area contributed by atoms with Crippen LogP contribution in [0.25, 0.3) is 0 Å². The standard InChI is InChI=1S/C12H26N3O4P.C11H17N3O2.C10H17N3O2.C7H15O5P.C7H14O5.C6H13O5P.C6H13O4P.C5H10O4.C5H9O3P.CH4O.BHO/c1-18-12(11(17)9-19-20)5-7-14-15-10(8-16)4-2-3-6-13;1-9-5-6-11(16)14(9)13-10(8-15)4-2-3-7-12;11-6-2-1-4-9(8-14)12-13-7-3-5-10(13)15;1-9-5-3-7(8)12-6(5)4-11-13-10-2;1-10-4-7(9)5(11-2)3-6(8)12-7;1-9-4-2-5(7)11-6(4,8)3-10-12;1-8-4-2-6(7)10-5(4)3-9-11;1-8-3-2-4(6)9-5(3)7;6-3-1-2-5(7)4-8-9;2*1-2/h7-8,10-12,15,17H,2-6,9,13,20H2,1H3;5-6,8,10,13H,1-4,7,12H2;3,5,7-9,12,15H,1-2,4,6,11H2;5-8,13H,3-4H2,1-2H3;5-6,8-9H,3-4H2,1-2H3;4-5,7-8H,2-3,12H2,1H3;4-7H,2-3,11H2,1H3;3-7H,2H2,1H3;1-3,5,7H,4,9H2;2H,1H3;2H/b;;;;;;;;2-1+;;/t10-,11+,12+;10-;9-;5-,6-,7?;5-,6?,7-;4-,5?,6-;4-,5-,6?;3-,4?,5?;;;/m00011111.../s1/i;;;;;;;;;;2D. The molecule has 26 atom stereocenters. The maximum absolute atomic E-state index is 11.3. The Balaban J connectivity index is -0.000000643. The first-order chi connectivity index (χ1) is 58.4. The average molecular weight is 1850 g/mol. The molecule has 1 aromatic rings. The first-order valence-corrected chi connectivity index (χ1v) is 40.4. The van der Waals surface area contributed by atoms with Crippen molar-refractivity contribution in [2.75, 3.05) is 129 Å². The monoisotopic (exact) mass is 1850 g/mol. The van der Waals surface area contributed by atoms with E-state index in [1.54, 1.807) is 51.9 Å². The lowest BCUT2D eigenvalue weighted by Crippen LogP contribution is -2.45. The molecule has 45 nitrogen and oxygen atoms in total. The largest absolute Gasteiger partial charge is 0.493 e. The second-order valence-corrected chi connectivity index (χ2v) is 27.7. The molecule has 6 aliphatic rings. The minimum absolute atomic E-state index is 0.00758. The number of amides is 1. The molecule has 0 bridgehead atoms. The summed E-state index contributed by atoms with van der Waals surface area (Å²) in [5.41, 5.74) is 25.2. The van der Waals surface area contributed by atoms with Crippen molar-refractivity contribution in [2.45, 2.75) is 225 Å². The number of carbonyl (C=O) groups excluding carboxylic acids is 5. The number of aromatic hydroxyl groups is 1. The van der Waals surface area contributed by atoms with E-state index in [0.717, 1.165) is 70.9 Å². The van der Waals surface area contributed by atoms with Crippen molar-refractivity contribution >= 4 is 92.2 Å². The van der Waals surface area contributed by atoms with Crippen LogP contribution in [0, 0.1) is 0 Å². The number of carbonyl (C=O) groups is 5. The number of rotatable bonds is 46. The van der Waals surface area contributed by atoms with Gasteiger partial charge in [-0.2, -0.15) is 5.10 Å². The lowest BCUT2D eigenvalue weighted by atomic mass is 10.1. The Morgan fingerprint density at radius 3 is 1.52 bits per heavy atom.